The second-order valence-electron chi connectivity index (χ2n) is 10.8. The first kappa shape index (κ1) is 24.0. The molecule has 0 unspecified atom stereocenters. The Morgan fingerprint density at radius 2 is 1.78 bits per heavy atom. The Balaban J connectivity index is 1.28. The van der Waals surface area contributed by atoms with E-state index in [4.69, 9.17) is 4.74 Å². The van der Waals surface area contributed by atoms with E-state index in [-0.39, 0.29) is 28.5 Å². The molecule has 9 heteroatoms. The molecule has 36 heavy (non-hydrogen) atoms. The van der Waals surface area contributed by atoms with Crippen LogP contribution in [0.2, 0.25) is 0 Å². The molecule has 0 aliphatic carbocycles. The summed E-state index contributed by atoms with van der Waals surface area (Å²) in [5.74, 6) is -0.944. The van der Waals surface area contributed by atoms with Crippen molar-refractivity contribution >= 4 is 22.8 Å². The van der Waals surface area contributed by atoms with Gasteiger partial charge in [-0.15, -0.1) is 0 Å². The molecule has 2 aromatic carbocycles. The molecule has 3 aromatic rings. The Labute approximate surface area is 208 Å². The SMILES string of the molecule is CC(C)(C)OC(=O)N1CCC2(C1)CN(C(=O)c1cc(Cc3n[nH]c(=O)c4ccccc34)ccc1F)C2. The summed E-state index contributed by atoms with van der Waals surface area (Å²) in [7, 11) is 0. The van der Waals surface area contributed by atoms with Gasteiger partial charge in [0.05, 0.1) is 16.6 Å². The first-order valence-corrected chi connectivity index (χ1v) is 12.1. The van der Waals surface area contributed by atoms with Gasteiger partial charge < -0.3 is 14.5 Å². The van der Waals surface area contributed by atoms with Crippen LogP contribution in [0, 0.1) is 11.2 Å². The molecule has 0 bridgehead atoms. The maximum atomic E-state index is 14.7. The molecule has 5 rings (SSSR count). The quantitative estimate of drug-likeness (QED) is 0.601. The smallest absolute Gasteiger partial charge is 0.410 e. The number of likely N-dealkylation sites (tertiary alicyclic amines) is 2. The second-order valence-corrected chi connectivity index (χ2v) is 10.8. The average molecular weight is 493 g/mol. The number of amides is 2. The molecule has 2 saturated heterocycles. The molecule has 2 amide bonds. The largest absolute Gasteiger partial charge is 0.444 e. The number of nitrogens with zero attached hydrogens (tertiary/aromatic N) is 3. The summed E-state index contributed by atoms with van der Waals surface area (Å²) in [5, 5.41) is 7.94. The van der Waals surface area contributed by atoms with E-state index >= 15 is 0 Å². The third-order valence-corrected chi connectivity index (χ3v) is 6.84. The highest BCUT2D eigenvalue weighted by atomic mass is 19.1. The van der Waals surface area contributed by atoms with Gasteiger partial charge in [-0.3, -0.25) is 9.59 Å². The van der Waals surface area contributed by atoms with Crippen LogP contribution in [0.4, 0.5) is 9.18 Å². The van der Waals surface area contributed by atoms with Crippen LogP contribution in [0.3, 0.4) is 0 Å². The predicted octanol–water partition coefficient (Wildman–Crippen LogP) is 3.74. The zero-order chi connectivity index (χ0) is 25.7. The standard InChI is InChI=1S/C27H29FN4O4/c1-26(2,3)36-25(35)31-11-10-27(14-31)15-32(16-27)24(34)20-12-17(8-9-21(20)28)13-22-18-6-4-5-7-19(18)23(33)30-29-22/h4-9,12H,10-11,13-16H2,1-3H3,(H,30,33). The average Bonchev–Trinajstić information content (AvgIpc) is 3.26. The molecule has 0 atom stereocenters. The number of carbonyl (C=O) groups excluding carboxylic acids is 2. The van der Waals surface area contributed by atoms with Crippen molar-refractivity contribution < 1.29 is 18.7 Å². The number of halogens is 1. The van der Waals surface area contributed by atoms with Gasteiger partial charge in [0.1, 0.15) is 11.4 Å². The Morgan fingerprint density at radius 3 is 2.50 bits per heavy atom. The van der Waals surface area contributed by atoms with Crippen molar-refractivity contribution in [1.82, 2.24) is 20.0 Å². The van der Waals surface area contributed by atoms with Gasteiger partial charge in [-0.25, -0.2) is 14.3 Å². The summed E-state index contributed by atoms with van der Waals surface area (Å²) >= 11 is 0. The number of fused-ring (bicyclic) bond motifs is 1. The molecule has 3 heterocycles. The summed E-state index contributed by atoms with van der Waals surface area (Å²) in [6.07, 6.45) is 0.780. The molecule has 2 fully saturated rings. The van der Waals surface area contributed by atoms with Gasteiger partial charge in [-0.05, 0) is 51.0 Å². The highest BCUT2D eigenvalue weighted by Crippen LogP contribution is 2.40. The number of carbonyl (C=O) groups is 2. The van der Waals surface area contributed by atoms with Gasteiger partial charge in [-0.1, -0.05) is 24.3 Å². The van der Waals surface area contributed by atoms with Crippen molar-refractivity contribution in [3.8, 4) is 0 Å². The van der Waals surface area contributed by atoms with Crippen LogP contribution in [0.5, 0.6) is 0 Å². The van der Waals surface area contributed by atoms with Crippen LogP contribution in [-0.2, 0) is 11.2 Å². The van der Waals surface area contributed by atoms with Crippen LogP contribution in [0.25, 0.3) is 10.8 Å². The number of hydrogen-bond acceptors (Lipinski definition) is 5. The number of rotatable bonds is 3. The Hall–Kier alpha value is -3.75. The van der Waals surface area contributed by atoms with Gasteiger partial charge in [0, 0.05) is 43.4 Å². The van der Waals surface area contributed by atoms with Gasteiger partial charge in [0.25, 0.3) is 11.5 Å². The number of aromatic nitrogens is 2. The predicted molar refractivity (Wildman–Crippen MR) is 132 cm³/mol. The second kappa shape index (κ2) is 8.72. The maximum absolute atomic E-state index is 14.7. The molecule has 0 saturated carbocycles. The van der Waals surface area contributed by atoms with Crippen molar-refractivity contribution in [1.29, 1.82) is 0 Å². The molecule has 1 aromatic heterocycles. The third kappa shape index (κ3) is 4.57. The van der Waals surface area contributed by atoms with E-state index in [9.17, 15) is 18.8 Å². The van der Waals surface area contributed by atoms with Crippen LogP contribution < -0.4 is 5.56 Å². The molecule has 2 aliphatic rings. The number of aromatic amines is 1. The van der Waals surface area contributed by atoms with Gasteiger partial charge >= 0.3 is 6.09 Å². The number of hydrogen-bond donors (Lipinski definition) is 1. The van der Waals surface area contributed by atoms with Gasteiger partial charge in [0.2, 0.25) is 0 Å². The molecular formula is C27H29FN4O4. The lowest BCUT2D eigenvalue weighted by atomic mass is 9.78. The van der Waals surface area contributed by atoms with Crippen LogP contribution >= 0.6 is 0 Å². The number of H-pyrrole nitrogens is 1. The summed E-state index contributed by atoms with van der Waals surface area (Å²) in [5.41, 5.74) is 0.377. The van der Waals surface area contributed by atoms with Crippen molar-refractivity contribution in [2.45, 2.75) is 39.2 Å². The van der Waals surface area contributed by atoms with Crippen molar-refractivity contribution in [2.75, 3.05) is 26.2 Å². The Bertz CT molecular complexity index is 1400. The van der Waals surface area contributed by atoms with E-state index in [0.29, 0.717) is 43.7 Å². The zero-order valence-electron chi connectivity index (χ0n) is 20.6. The molecule has 2 aliphatic heterocycles. The van der Waals surface area contributed by atoms with E-state index < -0.39 is 11.4 Å². The Morgan fingerprint density at radius 1 is 1.08 bits per heavy atom. The summed E-state index contributed by atoms with van der Waals surface area (Å²) < 4.78 is 20.2. The fraction of sp³-hybridized carbons (Fsp3) is 0.407. The molecular weight excluding hydrogens is 463 g/mol. The van der Waals surface area contributed by atoms with Gasteiger partial charge in [0.15, 0.2) is 0 Å². The highest BCUT2D eigenvalue weighted by molar-refractivity contribution is 5.95. The summed E-state index contributed by atoms with van der Waals surface area (Å²) in [6, 6.07) is 11.7. The third-order valence-electron chi connectivity index (χ3n) is 6.84. The molecule has 188 valence electrons. The van der Waals surface area contributed by atoms with E-state index in [2.05, 4.69) is 10.2 Å². The zero-order valence-corrected chi connectivity index (χ0v) is 20.6. The molecule has 0 radical (unpaired) electrons. The number of ether oxygens (including phenoxy) is 1. The lowest BCUT2D eigenvalue weighted by Gasteiger charge is -2.48. The van der Waals surface area contributed by atoms with Crippen LogP contribution in [-0.4, -0.2) is 63.8 Å². The summed E-state index contributed by atoms with van der Waals surface area (Å²) in [6.45, 7) is 7.55. The Kier molecular flexibility index (Phi) is 5.81. The van der Waals surface area contributed by atoms with Crippen molar-refractivity contribution in [2.24, 2.45) is 5.41 Å². The van der Waals surface area contributed by atoms with Crippen molar-refractivity contribution in [3.05, 3.63) is 75.5 Å². The summed E-state index contributed by atoms with van der Waals surface area (Å²) in [4.78, 5) is 41.0. The minimum absolute atomic E-state index is 0.0121. The van der Waals surface area contributed by atoms with Gasteiger partial charge in [-0.2, -0.15) is 5.10 Å². The van der Waals surface area contributed by atoms with E-state index in [1.165, 1.54) is 6.07 Å². The van der Waals surface area contributed by atoms with Crippen LogP contribution in [0.1, 0.15) is 48.8 Å². The monoisotopic (exact) mass is 492 g/mol. The first-order chi connectivity index (χ1) is 17.0. The number of nitrogens with one attached hydrogen (secondary N) is 1. The molecule has 1 N–H and O–H groups in total. The van der Waals surface area contributed by atoms with Crippen molar-refractivity contribution in [3.63, 3.8) is 0 Å². The minimum Gasteiger partial charge on any atom is -0.444 e. The van der Waals surface area contributed by atoms with E-state index in [1.807, 2.05) is 32.9 Å². The maximum Gasteiger partial charge on any atom is 0.410 e. The topological polar surface area (TPSA) is 95.6 Å². The van der Waals surface area contributed by atoms with Crippen LogP contribution in [0.15, 0.2) is 47.3 Å². The normalized spacial score (nSPS) is 16.9. The van der Waals surface area contributed by atoms with E-state index in [0.717, 1.165) is 17.4 Å². The molecule has 8 nitrogen and oxygen atoms in total. The lowest BCUT2D eigenvalue weighted by Crippen LogP contribution is -2.59. The lowest BCUT2D eigenvalue weighted by molar-refractivity contribution is 0.00284. The minimum atomic E-state index is -0.578. The fourth-order valence-electron chi connectivity index (χ4n) is 5.10. The number of benzene rings is 2. The first-order valence-electron chi connectivity index (χ1n) is 12.1. The highest BCUT2D eigenvalue weighted by Gasteiger charge is 2.51. The fourth-order valence-corrected chi connectivity index (χ4v) is 5.10. The van der Waals surface area contributed by atoms with E-state index in [1.54, 1.807) is 34.1 Å². The molecule has 1 spiro atoms.